The Balaban J connectivity index is 1.42. The van der Waals surface area contributed by atoms with Crippen LogP contribution in [0.1, 0.15) is 36.8 Å². The number of ether oxygens (including phenoxy) is 1. The number of aliphatic carboxylic acids is 1. The maximum Gasteiger partial charge on any atom is 0.407 e. The van der Waals surface area contributed by atoms with Gasteiger partial charge in [0.25, 0.3) is 0 Å². The van der Waals surface area contributed by atoms with E-state index in [1.807, 2.05) is 60.7 Å². The van der Waals surface area contributed by atoms with Gasteiger partial charge in [0, 0.05) is 25.9 Å². The Morgan fingerprint density at radius 2 is 1.55 bits per heavy atom. The van der Waals surface area contributed by atoms with Crippen LogP contribution in [0.25, 0.3) is 0 Å². The maximum atomic E-state index is 13.0. The van der Waals surface area contributed by atoms with Crippen molar-refractivity contribution in [2.45, 2.75) is 44.8 Å². The number of alkyl carbamates (subject to hydrolysis) is 1. The van der Waals surface area contributed by atoms with Crippen LogP contribution in [0.5, 0.6) is 0 Å². The largest absolute Gasteiger partial charge is 0.480 e. The van der Waals surface area contributed by atoms with Crippen LogP contribution in [0.2, 0.25) is 0 Å². The normalized spacial score (nSPS) is 18.7. The summed E-state index contributed by atoms with van der Waals surface area (Å²) in [6.07, 6.45) is 2.82. The van der Waals surface area contributed by atoms with Crippen LogP contribution in [-0.2, 0) is 27.4 Å². The summed E-state index contributed by atoms with van der Waals surface area (Å²) in [5, 5.41) is 12.5. The summed E-state index contributed by atoms with van der Waals surface area (Å²) >= 11 is 0. The quantitative estimate of drug-likeness (QED) is 0.602. The standard InChI is InChI=1S/C26H32N2O5/c1-28(23(25(30)31)16-19-8-4-2-5-9-19)24(29)22-14-12-20(13-15-22)17-27-26(32)33-18-21-10-6-3-7-11-21/h2-11,20,22-23H,12-18H2,1H3,(H,27,32)(H,30,31)/t20?,22?,23-/m0/s1. The van der Waals surface area contributed by atoms with E-state index in [-0.39, 0.29) is 30.8 Å². The van der Waals surface area contributed by atoms with Gasteiger partial charge in [-0.1, -0.05) is 60.7 Å². The second-order valence-electron chi connectivity index (χ2n) is 8.65. The summed E-state index contributed by atoms with van der Waals surface area (Å²) in [5.41, 5.74) is 1.82. The Labute approximate surface area is 194 Å². The number of hydrogen-bond acceptors (Lipinski definition) is 4. The number of likely N-dealkylation sites (N-methyl/N-ethyl adjacent to an activating group) is 1. The fourth-order valence-corrected chi connectivity index (χ4v) is 4.28. The number of carbonyl (C=O) groups is 3. The lowest BCUT2D eigenvalue weighted by atomic mass is 9.81. The highest BCUT2D eigenvalue weighted by atomic mass is 16.5. The van der Waals surface area contributed by atoms with Crippen LogP contribution in [0, 0.1) is 11.8 Å². The van der Waals surface area contributed by atoms with E-state index in [9.17, 15) is 19.5 Å². The van der Waals surface area contributed by atoms with Crippen molar-refractivity contribution in [3.8, 4) is 0 Å². The summed E-state index contributed by atoms with van der Waals surface area (Å²) in [4.78, 5) is 38.2. The van der Waals surface area contributed by atoms with E-state index in [4.69, 9.17) is 4.74 Å². The smallest absolute Gasteiger partial charge is 0.407 e. The molecule has 7 nitrogen and oxygen atoms in total. The van der Waals surface area contributed by atoms with Crippen molar-refractivity contribution in [2.24, 2.45) is 11.8 Å². The van der Waals surface area contributed by atoms with Crippen molar-refractivity contribution in [3.05, 3.63) is 71.8 Å². The highest BCUT2D eigenvalue weighted by molar-refractivity contribution is 5.85. The van der Waals surface area contributed by atoms with E-state index in [0.717, 1.165) is 24.0 Å². The van der Waals surface area contributed by atoms with Crippen LogP contribution in [0.3, 0.4) is 0 Å². The molecule has 0 heterocycles. The molecule has 3 rings (SSSR count). The average Bonchev–Trinajstić information content (AvgIpc) is 2.85. The first-order valence-electron chi connectivity index (χ1n) is 11.4. The molecule has 1 fully saturated rings. The van der Waals surface area contributed by atoms with Gasteiger partial charge in [-0.05, 0) is 42.7 Å². The number of carboxylic acids is 1. The molecular weight excluding hydrogens is 420 g/mol. The molecule has 33 heavy (non-hydrogen) atoms. The Hall–Kier alpha value is -3.35. The van der Waals surface area contributed by atoms with Gasteiger partial charge in [-0.15, -0.1) is 0 Å². The molecule has 2 amide bonds. The topological polar surface area (TPSA) is 95.9 Å². The van der Waals surface area contributed by atoms with Gasteiger partial charge in [0.1, 0.15) is 12.6 Å². The first-order chi connectivity index (χ1) is 15.9. The third-order valence-electron chi connectivity index (χ3n) is 6.32. The van der Waals surface area contributed by atoms with Gasteiger partial charge in [-0.3, -0.25) is 4.79 Å². The summed E-state index contributed by atoms with van der Waals surface area (Å²) in [6, 6.07) is 18.0. The Morgan fingerprint density at radius 3 is 2.12 bits per heavy atom. The molecule has 2 aromatic rings. The van der Waals surface area contributed by atoms with Crippen molar-refractivity contribution in [3.63, 3.8) is 0 Å². The fraction of sp³-hybridized carbons (Fsp3) is 0.423. The van der Waals surface area contributed by atoms with Crippen LogP contribution in [0.4, 0.5) is 4.79 Å². The molecule has 0 spiro atoms. The predicted octanol–water partition coefficient (Wildman–Crippen LogP) is 3.87. The number of amides is 2. The Morgan fingerprint density at radius 1 is 0.970 bits per heavy atom. The van der Waals surface area contributed by atoms with Crippen LogP contribution in [0.15, 0.2) is 60.7 Å². The van der Waals surface area contributed by atoms with Crippen molar-refractivity contribution in [2.75, 3.05) is 13.6 Å². The van der Waals surface area contributed by atoms with Gasteiger partial charge in [0.15, 0.2) is 0 Å². The molecule has 2 N–H and O–H groups in total. The van der Waals surface area contributed by atoms with E-state index in [2.05, 4.69) is 5.32 Å². The van der Waals surface area contributed by atoms with Crippen LogP contribution >= 0.6 is 0 Å². The van der Waals surface area contributed by atoms with Crippen molar-refractivity contribution < 1.29 is 24.2 Å². The van der Waals surface area contributed by atoms with Crippen molar-refractivity contribution in [1.29, 1.82) is 0 Å². The second kappa shape index (κ2) is 12.0. The molecule has 0 aromatic heterocycles. The molecule has 0 unspecified atom stereocenters. The molecule has 1 aliphatic rings. The number of carbonyl (C=O) groups excluding carboxylic acids is 2. The lowest BCUT2D eigenvalue weighted by Gasteiger charge is -2.33. The monoisotopic (exact) mass is 452 g/mol. The van der Waals surface area contributed by atoms with E-state index >= 15 is 0 Å². The molecule has 1 aliphatic carbocycles. The van der Waals surface area contributed by atoms with Crippen molar-refractivity contribution in [1.82, 2.24) is 10.2 Å². The molecule has 0 bridgehead atoms. The van der Waals surface area contributed by atoms with Crippen LogP contribution < -0.4 is 5.32 Å². The van der Waals surface area contributed by atoms with E-state index in [0.29, 0.717) is 19.4 Å². The lowest BCUT2D eigenvalue weighted by molar-refractivity contribution is -0.151. The van der Waals surface area contributed by atoms with Gasteiger partial charge < -0.3 is 20.1 Å². The molecule has 0 radical (unpaired) electrons. The maximum absolute atomic E-state index is 13.0. The van der Waals surface area contributed by atoms with Gasteiger partial charge >= 0.3 is 12.1 Å². The van der Waals surface area contributed by atoms with Crippen LogP contribution in [-0.4, -0.2) is 47.6 Å². The summed E-state index contributed by atoms with van der Waals surface area (Å²) in [5.74, 6) is -1.02. The molecule has 7 heteroatoms. The van der Waals surface area contributed by atoms with Gasteiger partial charge in [-0.2, -0.15) is 0 Å². The summed E-state index contributed by atoms with van der Waals surface area (Å²) in [7, 11) is 1.58. The lowest BCUT2D eigenvalue weighted by Crippen LogP contribution is -2.47. The summed E-state index contributed by atoms with van der Waals surface area (Å²) in [6.45, 7) is 0.740. The molecule has 1 saturated carbocycles. The first-order valence-corrected chi connectivity index (χ1v) is 11.4. The molecular formula is C26H32N2O5. The van der Waals surface area contributed by atoms with Gasteiger partial charge in [0.2, 0.25) is 5.91 Å². The van der Waals surface area contributed by atoms with E-state index in [1.165, 1.54) is 4.90 Å². The molecule has 0 saturated heterocycles. The SMILES string of the molecule is CN(C(=O)C1CCC(CNC(=O)OCc2ccccc2)CC1)[C@@H](Cc1ccccc1)C(=O)O. The Bertz CT molecular complexity index is 911. The van der Waals surface area contributed by atoms with Crippen molar-refractivity contribution >= 4 is 18.0 Å². The minimum atomic E-state index is -0.999. The molecule has 176 valence electrons. The number of nitrogens with zero attached hydrogens (tertiary/aromatic N) is 1. The molecule has 2 aromatic carbocycles. The third-order valence-corrected chi connectivity index (χ3v) is 6.32. The minimum Gasteiger partial charge on any atom is -0.480 e. The predicted molar refractivity (Wildman–Crippen MR) is 124 cm³/mol. The Kier molecular flexibility index (Phi) is 8.87. The minimum absolute atomic E-state index is 0.119. The second-order valence-corrected chi connectivity index (χ2v) is 8.65. The third kappa shape index (κ3) is 7.34. The highest BCUT2D eigenvalue weighted by Crippen LogP contribution is 2.30. The van der Waals surface area contributed by atoms with E-state index in [1.54, 1.807) is 7.05 Å². The summed E-state index contributed by atoms with van der Waals surface area (Å²) < 4.78 is 5.24. The van der Waals surface area contributed by atoms with E-state index < -0.39 is 18.1 Å². The number of rotatable bonds is 9. The molecule has 1 atom stereocenters. The number of nitrogens with one attached hydrogen (secondary N) is 1. The number of carboxylic acid groups (broad SMARTS) is 1. The number of hydrogen-bond donors (Lipinski definition) is 2. The van der Waals surface area contributed by atoms with Gasteiger partial charge in [0.05, 0.1) is 0 Å². The highest BCUT2D eigenvalue weighted by Gasteiger charge is 2.33. The zero-order chi connectivity index (χ0) is 23.6. The zero-order valence-corrected chi connectivity index (χ0v) is 19.0. The fourth-order valence-electron chi connectivity index (χ4n) is 4.28. The first kappa shape index (κ1) is 24.3. The number of benzene rings is 2. The van der Waals surface area contributed by atoms with Gasteiger partial charge in [-0.25, -0.2) is 9.59 Å². The average molecular weight is 453 g/mol. The zero-order valence-electron chi connectivity index (χ0n) is 19.0. The molecule has 0 aliphatic heterocycles.